The molecule has 0 aliphatic carbocycles. The van der Waals surface area contributed by atoms with Gasteiger partial charge in [-0.05, 0) is 25.8 Å². The van der Waals surface area contributed by atoms with Gasteiger partial charge in [-0.2, -0.15) is 5.10 Å². The lowest BCUT2D eigenvalue weighted by atomic mass is 10.2. The van der Waals surface area contributed by atoms with Gasteiger partial charge in [0.1, 0.15) is 0 Å². The van der Waals surface area contributed by atoms with Gasteiger partial charge in [0.05, 0.1) is 17.0 Å². The molecule has 2 heterocycles. The van der Waals surface area contributed by atoms with Crippen molar-refractivity contribution in [1.82, 2.24) is 14.8 Å². The molecular formula is C14H20N4OS. The van der Waals surface area contributed by atoms with E-state index >= 15 is 0 Å². The molecule has 6 heteroatoms. The first-order valence-corrected chi connectivity index (χ1v) is 7.67. The molecule has 0 saturated heterocycles. The van der Waals surface area contributed by atoms with Gasteiger partial charge >= 0.3 is 0 Å². The second kappa shape index (κ2) is 6.17. The number of thiazole rings is 1. The lowest BCUT2D eigenvalue weighted by molar-refractivity contribution is 0.461. The number of nitrogens with zero attached hydrogens (tertiary/aromatic N) is 3. The van der Waals surface area contributed by atoms with Crippen LogP contribution in [0.5, 0.6) is 0 Å². The molecule has 0 fully saturated rings. The predicted molar refractivity (Wildman–Crippen MR) is 83.3 cm³/mol. The summed E-state index contributed by atoms with van der Waals surface area (Å²) in [6.07, 6.45) is 0. The quantitative estimate of drug-likeness (QED) is 0.920. The third kappa shape index (κ3) is 3.25. The summed E-state index contributed by atoms with van der Waals surface area (Å²) in [5.74, 6) is 0.377. The molecule has 0 saturated carbocycles. The maximum atomic E-state index is 12.5. The molecule has 2 aromatic rings. The summed E-state index contributed by atoms with van der Waals surface area (Å²) < 4.78 is 1.54. The van der Waals surface area contributed by atoms with Gasteiger partial charge in [-0.25, -0.2) is 9.67 Å². The van der Waals surface area contributed by atoms with E-state index in [-0.39, 0.29) is 5.56 Å². The molecule has 1 N–H and O–H groups in total. The third-order valence-corrected chi connectivity index (χ3v) is 3.54. The fraction of sp³-hybridized carbons (Fsp3) is 0.500. The Kier molecular flexibility index (Phi) is 4.54. The van der Waals surface area contributed by atoms with Crippen molar-refractivity contribution < 1.29 is 0 Å². The molecule has 0 atom stereocenters. The second-order valence-corrected chi connectivity index (χ2v) is 6.01. The molecule has 2 rings (SSSR count). The maximum absolute atomic E-state index is 12.5. The van der Waals surface area contributed by atoms with Crippen LogP contribution >= 0.6 is 11.3 Å². The van der Waals surface area contributed by atoms with Crippen LogP contribution in [0.4, 0.5) is 5.13 Å². The van der Waals surface area contributed by atoms with Crippen LogP contribution in [0, 0.1) is 12.8 Å². The van der Waals surface area contributed by atoms with Crippen molar-refractivity contribution in [1.29, 1.82) is 0 Å². The zero-order valence-corrected chi connectivity index (χ0v) is 13.1. The first-order valence-electron chi connectivity index (χ1n) is 6.79. The molecule has 5 nitrogen and oxygen atoms in total. The van der Waals surface area contributed by atoms with E-state index in [1.807, 2.05) is 25.3 Å². The van der Waals surface area contributed by atoms with Crippen molar-refractivity contribution in [2.75, 3.05) is 11.9 Å². The lowest BCUT2D eigenvalue weighted by Crippen LogP contribution is -2.27. The van der Waals surface area contributed by atoms with Gasteiger partial charge in [0.15, 0.2) is 5.13 Å². The highest BCUT2D eigenvalue weighted by Crippen LogP contribution is 2.22. The smallest absolute Gasteiger partial charge is 0.276 e. The van der Waals surface area contributed by atoms with E-state index in [0.29, 0.717) is 18.0 Å². The molecule has 0 unspecified atom stereocenters. The van der Waals surface area contributed by atoms with E-state index in [1.54, 1.807) is 4.68 Å². The average molecular weight is 292 g/mol. The Morgan fingerprint density at radius 3 is 2.85 bits per heavy atom. The topological polar surface area (TPSA) is 59.8 Å². The first kappa shape index (κ1) is 14.7. The molecule has 20 heavy (non-hydrogen) atoms. The second-order valence-electron chi connectivity index (χ2n) is 5.15. The molecule has 0 aromatic carbocycles. The van der Waals surface area contributed by atoms with Gasteiger partial charge in [-0.1, -0.05) is 13.8 Å². The summed E-state index contributed by atoms with van der Waals surface area (Å²) in [6.45, 7) is 9.51. The monoisotopic (exact) mass is 292 g/mol. The van der Waals surface area contributed by atoms with Crippen LogP contribution in [0.25, 0.3) is 11.3 Å². The van der Waals surface area contributed by atoms with Gasteiger partial charge in [0.2, 0.25) is 0 Å². The van der Waals surface area contributed by atoms with Crippen molar-refractivity contribution in [3.8, 4) is 11.3 Å². The molecular weight excluding hydrogens is 272 g/mol. The van der Waals surface area contributed by atoms with Crippen LogP contribution in [0.15, 0.2) is 16.2 Å². The summed E-state index contributed by atoms with van der Waals surface area (Å²) >= 11 is 1.51. The fourth-order valence-electron chi connectivity index (χ4n) is 1.96. The number of anilines is 1. The Labute approximate surface area is 122 Å². The Morgan fingerprint density at radius 2 is 2.20 bits per heavy atom. The predicted octanol–water partition coefficient (Wildman–Crippen LogP) is 2.76. The van der Waals surface area contributed by atoms with Crippen molar-refractivity contribution in [2.24, 2.45) is 5.92 Å². The molecule has 0 bridgehead atoms. The van der Waals surface area contributed by atoms with E-state index in [4.69, 9.17) is 0 Å². The minimum Gasteiger partial charge on any atom is -0.362 e. The van der Waals surface area contributed by atoms with Gasteiger partial charge in [0, 0.05) is 18.5 Å². The zero-order valence-electron chi connectivity index (χ0n) is 12.3. The molecule has 108 valence electrons. The van der Waals surface area contributed by atoms with E-state index in [2.05, 4.69) is 29.2 Å². The first-order chi connectivity index (χ1) is 9.51. The molecule has 0 radical (unpaired) electrons. The summed E-state index contributed by atoms with van der Waals surface area (Å²) in [5.41, 5.74) is 2.11. The number of aromatic nitrogens is 3. The Bertz CT molecular complexity index is 645. The van der Waals surface area contributed by atoms with Crippen molar-refractivity contribution in [3.63, 3.8) is 0 Å². The zero-order chi connectivity index (χ0) is 14.7. The number of rotatable bonds is 5. The van der Waals surface area contributed by atoms with Crippen LogP contribution in [0.1, 0.15) is 26.5 Å². The maximum Gasteiger partial charge on any atom is 0.276 e. The average Bonchev–Trinajstić information content (AvgIpc) is 2.81. The van der Waals surface area contributed by atoms with Crippen molar-refractivity contribution in [3.05, 3.63) is 27.5 Å². The normalized spacial score (nSPS) is 11.1. The fourth-order valence-corrected chi connectivity index (χ4v) is 2.74. The van der Waals surface area contributed by atoms with Crippen LogP contribution in [-0.4, -0.2) is 21.3 Å². The summed E-state index contributed by atoms with van der Waals surface area (Å²) in [6, 6.07) is 1.81. The number of hydrogen-bond donors (Lipinski definition) is 1. The molecule has 0 amide bonds. The highest BCUT2D eigenvalue weighted by Gasteiger charge is 2.12. The van der Waals surface area contributed by atoms with Crippen molar-refractivity contribution >= 4 is 16.5 Å². The SMILES string of the molecule is CCNc1nc(-c2cc(C)nn(CC(C)C)c2=O)cs1. The summed E-state index contributed by atoms with van der Waals surface area (Å²) in [5, 5.41) is 10.2. The summed E-state index contributed by atoms with van der Waals surface area (Å²) in [7, 11) is 0. The van der Waals surface area contributed by atoms with Crippen LogP contribution < -0.4 is 10.9 Å². The molecule has 0 aliphatic rings. The van der Waals surface area contributed by atoms with E-state index in [0.717, 1.165) is 23.1 Å². The van der Waals surface area contributed by atoms with E-state index in [9.17, 15) is 4.79 Å². The third-order valence-electron chi connectivity index (χ3n) is 2.74. The minimum atomic E-state index is -0.0716. The van der Waals surface area contributed by atoms with Gasteiger partial charge in [-0.3, -0.25) is 4.79 Å². The van der Waals surface area contributed by atoms with Crippen LogP contribution in [-0.2, 0) is 6.54 Å². The highest BCUT2D eigenvalue weighted by atomic mass is 32.1. The molecule has 2 aromatic heterocycles. The van der Waals surface area contributed by atoms with Crippen LogP contribution in [0.2, 0.25) is 0 Å². The number of hydrogen-bond acceptors (Lipinski definition) is 5. The lowest BCUT2D eigenvalue weighted by Gasteiger charge is -2.09. The number of aryl methyl sites for hydroxylation is 1. The molecule has 0 spiro atoms. The van der Waals surface area contributed by atoms with Gasteiger partial charge in [0.25, 0.3) is 5.56 Å². The van der Waals surface area contributed by atoms with Crippen LogP contribution in [0.3, 0.4) is 0 Å². The largest absolute Gasteiger partial charge is 0.362 e. The Balaban J connectivity index is 2.44. The minimum absolute atomic E-state index is 0.0716. The van der Waals surface area contributed by atoms with E-state index in [1.165, 1.54) is 11.3 Å². The highest BCUT2D eigenvalue weighted by molar-refractivity contribution is 7.14. The summed E-state index contributed by atoms with van der Waals surface area (Å²) in [4.78, 5) is 16.9. The van der Waals surface area contributed by atoms with E-state index < -0.39 is 0 Å². The Hall–Kier alpha value is -1.69. The van der Waals surface area contributed by atoms with Crippen molar-refractivity contribution in [2.45, 2.75) is 34.2 Å². The standard InChI is InChI=1S/C14H20N4OS/c1-5-15-14-16-12(8-20-14)11-6-10(4)17-18(13(11)19)7-9(2)3/h6,8-9H,5,7H2,1-4H3,(H,15,16). The van der Waals surface area contributed by atoms with Gasteiger partial charge < -0.3 is 5.32 Å². The number of nitrogens with one attached hydrogen (secondary N) is 1. The molecule has 0 aliphatic heterocycles. The Morgan fingerprint density at radius 1 is 1.45 bits per heavy atom. The van der Waals surface area contributed by atoms with Gasteiger partial charge in [-0.15, -0.1) is 11.3 Å².